The number of ether oxygens (including phenoxy) is 1. The minimum atomic E-state index is -1.49. The van der Waals surface area contributed by atoms with E-state index in [0.717, 1.165) is 44.5 Å². The van der Waals surface area contributed by atoms with Gasteiger partial charge in [0.15, 0.2) is 0 Å². The molecule has 1 amide bonds. The van der Waals surface area contributed by atoms with Crippen molar-refractivity contribution in [3.05, 3.63) is 40.4 Å². The third-order valence-electron chi connectivity index (χ3n) is 6.67. The van der Waals surface area contributed by atoms with Gasteiger partial charge in [0.05, 0.1) is 16.1 Å². The molecule has 2 aliphatic heterocycles. The van der Waals surface area contributed by atoms with Crippen LogP contribution in [0.5, 0.6) is 5.75 Å². The third kappa shape index (κ3) is 5.93. The zero-order valence-corrected chi connectivity index (χ0v) is 21.1. The molecule has 2 heterocycles. The Balaban J connectivity index is 1.89. The summed E-state index contributed by atoms with van der Waals surface area (Å²) in [5.74, 6) is 1.14. The fourth-order valence-corrected chi connectivity index (χ4v) is 5.48. The van der Waals surface area contributed by atoms with E-state index in [0.29, 0.717) is 34.7 Å². The van der Waals surface area contributed by atoms with Gasteiger partial charge in [0.2, 0.25) is 5.91 Å². The molecule has 0 aromatic heterocycles. The number of nitrogens with two attached hydrogens (primary N) is 1. The summed E-state index contributed by atoms with van der Waals surface area (Å²) < 4.78 is 17.7. The minimum Gasteiger partial charge on any atom is -0.598 e. The molecule has 0 aliphatic carbocycles. The molecule has 3 N–H and O–H groups in total. The van der Waals surface area contributed by atoms with E-state index < -0.39 is 16.1 Å². The molecule has 3 rings (SSSR count). The van der Waals surface area contributed by atoms with Crippen molar-refractivity contribution in [3.63, 3.8) is 0 Å². The zero-order valence-electron chi connectivity index (χ0n) is 18.7. The van der Waals surface area contributed by atoms with Gasteiger partial charge in [-0.2, -0.15) is 5.14 Å². The van der Waals surface area contributed by atoms with Crippen LogP contribution in [-0.2, 0) is 16.2 Å². The maximum absolute atomic E-state index is 12.3. The number of hydrogen-bond acceptors (Lipinski definition) is 5. The van der Waals surface area contributed by atoms with Gasteiger partial charge in [0.25, 0.3) is 0 Å². The topological polar surface area (TPSA) is 90.7 Å². The van der Waals surface area contributed by atoms with Crippen LogP contribution in [0.25, 0.3) is 0 Å². The zero-order chi connectivity index (χ0) is 23.5. The summed E-state index contributed by atoms with van der Waals surface area (Å²) in [5.41, 5.74) is 0.955. The molecule has 2 aliphatic rings. The molecule has 2 fully saturated rings. The maximum Gasteiger partial charge on any atom is 0.237 e. The molecule has 1 aromatic carbocycles. The third-order valence-corrected chi connectivity index (χ3v) is 8.65. The van der Waals surface area contributed by atoms with Gasteiger partial charge in [-0.25, -0.2) is 0 Å². The Bertz CT molecular complexity index is 829. The second-order valence-electron chi connectivity index (χ2n) is 9.24. The van der Waals surface area contributed by atoms with E-state index in [1.54, 1.807) is 12.1 Å². The number of amides is 1. The highest BCUT2D eigenvalue weighted by Gasteiger charge is 2.41. The van der Waals surface area contributed by atoms with Crippen LogP contribution < -0.4 is 15.2 Å². The first kappa shape index (κ1) is 25.7. The van der Waals surface area contributed by atoms with Gasteiger partial charge >= 0.3 is 0 Å². The Morgan fingerprint density at radius 1 is 1.34 bits per heavy atom. The van der Waals surface area contributed by atoms with Gasteiger partial charge < -0.3 is 14.6 Å². The van der Waals surface area contributed by atoms with Crippen LogP contribution in [0.15, 0.2) is 24.8 Å². The Morgan fingerprint density at radius 3 is 2.56 bits per heavy atom. The Morgan fingerprint density at radius 2 is 2.00 bits per heavy atom. The van der Waals surface area contributed by atoms with E-state index in [1.807, 2.05) is 19.9 Å². The summed E-state index contributed by atoms with van der Waals surface area (Å²) in [5, 5.41) is 9.67. The van der Waals surface area contributed by atoms with Crippen molar-refractivity contribution in [2.45, 2.75) is 56.2 Å². The van der Waals surface area contributed by atoms with Crippen LogP contribution in [0.2, 0.25) is 10.0 Å². The number of nitrogens with one attached hydrogen (secondary N) is 1. The molecule has 3 unspecified atom stereocenters. The largest absolute Gasteiger partial charge is 0.598 e. The van der Waals surface area contributed by atoms with Crippen LogP contribution in [0.3, 0.4) is 0 Å². The van der Waals surface area contributed by atoms with Gasteiger partial charge in [-0.3, -0.25) is 9.69 Å². The second-order valence-corrected chi connectivity index (χ2v) is 11.8. The first-order valence-corrected chi connectivity index (χ1v) is 13.0. The van der Waals surface area contributed by atoms with Crippen molar-refractivity contribution in [2.75, 3.05) is 26.2 Å². The number of likely N-dealkylation sites (tertiary alicyclic amines) is 1. The Kier molecular flexibility index (Phi) is 8.80. The van der Waals surface area contributed by atoms with Crippen molar-refractivity contribution >= 4 is 40.5 Å². The number of carbonyl (C=O) groups is 1. The molecular weight excluding hydrogens is 469 g/mol. The molecular formula is C23H33Cl2N3O3S. The highest BCUT2D eigenvalue weighted by molar-refractivity contribution is 7.90. The number of carbonyl (C=O) groups excluding carboxylic acids is 1. The number of hydrogen-bond donors (Lipinski definition) is 2. The number of benzene rings is 1. The fourth-order valence-electron chi connectivity index (χ4n) is 4.81. The van der Waals surface area contributed by atoms with E-state index in [1.165, 1.54) is 0 Å². The smallest absolute Gasteiger partial charge is 0.237 e. The summed E-state index contributed by atoms with van der Waals surface area (Å²) in [4.78, 5) is 14.4. The molecule has 6 nitrogen and oxygen atoms in total. The predicted molar refractivity (Wildman–Crippen MR) is 132 cm³/mol. The van der Waals surface area contributed by atoms with E-state index in [9.17, 15) is 9.35 Å². The number of nitrogens with zero attached hydrogens (tertiary/aromatic N) is 1. The van der Waals surface area contributed by atoms with Crippen LogP contribution in [0, 0.1) is 5.92 Å². The molecule has 0 radical (unpaired) electrons. The lowest BCUT2D eigenvalue weighted by molar-refractivity contribution is -0.124. The van der Waals surface area contributed by atoms with E-state index in [-0.39, 0.29) is 17.9 Å². The summed E-state index contributed by atoms with van der Waals surface area (Å²) in [6.07, 6.45) is 5.00. The normalized spacial score (nSPS) is 22.4. The van der Waals surface area contributed by atoms with Crippen molar-refractivity contribution in [1.82, 2.24) is 10.2 Å². The van der Waals surface area contributed by atoms with Crippen LogP contribution in [0.1, 0.15) is 51.0 Å². The minimum absolute atomic E-state index is 0.0288. The van der Waals surface area contributed by atoms with Gasteiger partial charge in [-0.05, 0) is 69.7 Å². The van der Waals surface area contributed by atoms with E-state index in [4.69, 9.17) is 33.1 Å². The molecule has 9 heteroatoms. The van der Waals surface area contributed by atoms with Crippen LogP contribution in [-0.4, -0.2) is 52.4 Å². The molecule has 3 atom stereocenters. The maximum atomic E-state index is 12.3. The van der Waals surface area contributed by atoms with Crippen molar-refractivity contribution in [1.29, 1.82) is 0 Å². The van der Waals surface area contributed by atoms with Gasteiger partial charge in [-0.15, -0.1) is 0 Å². The van der Waals surface area contributed by atoms with Crippen LogP contribution in [0.4, 0.5) is 0 Å². The Hall–Kier alpha value is -0.960. The summed E-state index contributed by atoms with van der Waals surface area (Å²) >= 11 is 11.2. The summed E-state index contributed by atoms with van der Waals surface area (Å²) in [7, 11) is 0. The van der Waals surface area contributed by atoms with Gasteiger partial charge in [-0.1, -0.05) is 35.9 Å². The first-order chi connectivity index (χ1) is 15.1. The number of rotatable bonds is 9. The highest BCUT2D eigenvalue weighted by atomic mass is 35.5. The second kappa shape index (κ2) is 11.0. The highest BCUT2D eigenvalue weighted by Crippen LogP contribution is 2.45. The van der Waals surface area contributed by atoms with Crippen molar-refractivity contribution < 1.29 is 14.1 Å². The molecule has 0 bridgehead atoms. The van der Waals surface area contributed by atoms with Crippen molar-refractivity contribution in [2.24, 2.45) is 11.1 Å². The lowest BCUT2D eigenvalue weighted by atomic mass is 9.75. The van der Waals surface area contributed by atoms with Gasteiger partial charge in [0, 0.05) is 30.4 Å². The molecule has 178 valence electrons. The number of piperidine rings is 1. The lowest BCUT2D eigenvalue weighted by Gasteiger charge is -2.40. The van der Waals surface area contributed by atoms with Gasteiger partial charge in [0.1, 0.15) is 17.1 Å². The average Bonchev–Trinajstić information content (AvgIpc) is 3.18. The molecule has 1 aromatic rings. The lowest BCUT2D eigenvalue weighted by Crippen LogP contribution is -2.46. The average molecular weight is 503 g/mol. The molecule has 2 saturated heterocycles. The predicted octanol–water partition coefficient (Wildman–Crippen LogP) is 4.03. The molecule has 0 spiro atoms. The SMILES string of the molecule is C=CCOc1cc(Cl)c(Cl)cc1C(CC(C)(C)[S+](N)[O-])C1CCN(C2CCNC2=O)CC1. The standard InChI is InChI=1S/C23H33Cl2N3O3S/c1-4-11-31-21-13-19(25)18(24)12-16(21)17(14-23(2,3)32(26)30)15-6-9-28(10-7-15)20-5-8-27-22(20)29/h4,12-13,15,17,20H,1,5-11,14,26H2,2-3H3,(H,27,29). The monoisotopic (exact) mass is 501 g/mol. The number of halogens is 2. The van der Waals surface area contributed by atoms with Crippen LogP contribution >= 0.6 is 23.2 Å². The Labute approximate surface area is 204 Å². The molecule has 32 heavy (non-hydrogen) atoms. The quantitative estimate of drug-likeness (QED) is 0.393. The fraction of sp³-hybridized carbons (Fsp3) is 0.609. The van der Waals surface area contributed by atoms with E-state index in [2.05, 4.69) is 16.8 Å². The van der Waals surface area contributed by atoms with Crippen molar-refractivity contribution in [3.8, 4) is 5.75 Å². The van der Waals surface area contributed by atoms with E-state index >= 15 is 0 Å². The summed E-state index contributed by atoms with van der Waals surface area (Å²) in [6, 6.07) is 3.60. The molecule has 0 saturated carbocycles. The summed E-state index contributed by atoms with van der Waals surface area (Å²) in [6.45, 7) is 10.4. The first-order valence-electron chi connectivity index (χ1n) is 11.0.